The van der Waals surface area contributed by atoms with E-state index in [4.69, 9.17) is 9.94 Å². The maximum Gasteiger partial charge on any atom is 0.414 e. The molecular formula is C21H22N2O6. The van der Waals surface area contributed by atoms with Gasteiger partial charge in [0.1, 0.15) is 11.9 Å². The molecule has 0 unspecified atom stereocenters. The number of nitrogens with one attached hydrogen (secondary N) is 2. The molecule has 0 saturated heterocycles. The number of hydrogen-bond acceptors (Lipinski definition) is 6. The third kappa shape index (κ3) is 6.18. The van der Waals surface area contributed by atoms with Crippen LogP contribution in [0.1, 0.15) is 35.9 Å². The number of ether oxygens (including phenoxy) is 1. The average molecular weight is 398 g/mol. The number of benzene rings is 2. The second kappa shape index (κ2) is 9.52. The zero-order valence-corrected chi connectivity index (χ0v) is 16.0. The van der Waals surface area contributed by atoms with Gasteiger partial charge in [0, 0.05) is 17.1 Å². The maximum atomic E-state index is 12.4. The molecule has 0 bridgehead atoms. The van der Waals surface area contributed by atoms with E-state index in [9.17, 15) is 19.5 Å². The number of rotatable bonds is 6. The molecule has 0 saturated carbocycles. The van der Waals surface area contributed by atoms with Crippen LogP contribution < -0.4 is 10.8 Å². The molecule has 8 heteroatoms. The van der Waals surface area contributed by atoms with Gasteiger partial charge in [0.25, 0.3) is 11.8 Å². The summed E-state index contributed by atoms with van der Waals surface area (Å²) in [6, 6.07) is 14.2. The van der Waals surface area contributed by atoms with Crippen molar-refractivity contribution in [1.29, 1.82) is 0 Å². The Morgan fingerprint density at radius 3 is 2.24 bits per heavy atom. The van der Waals surface area contributed by atoms with E-state index in [1.54, 1.807) is 56.3 Å². The summed E-state index contributed by atoms with van der Waals surface area (Å²) in [7, 11) is 0. The van der Waals surface area contributed by atoms with Gasteiger partial charge in [-0.05, 0) is 29.8 Å². The lowest BCUT2D eigenvalue weighted by Gasteiger charge is -2.31. The molecule has 2 aromatic carbocycles. The van der Waals surface area contributed by atoms with Gasteiger partial charge < -0.3 is 9.84 Å². The normalized spacial score (nSPS) is 12.2. The molecular weight excluding hydrogens is 376 g/mol. The number of amides is 3. The Morgan fingerprint density at radius 2 is 1.66 bits per heavy atom. The van der Waals surface area contributed by atoms with Gasteiger partial charge in [0.05, 0.1) is 0 Å². The molecule has 0 aromatic heterocycles. The van der Waals surface area contributed by atoms with Crippen molar-refractivity contribution in [2.45, 2.75) is 20.0 Å². The van der Waals surface area contributed by atoms with Crippen LogP contribution in [0.4, 0.5) is 4.79 Å². The van der Waals surface area contributed by atoms with E-state index in [1.165, 1.54) is 23.7 Å². The van der Waals surface area contributed by atoms with Crippen molar-refractivity contribution in [3.63, 3.8) is 0 Å². The molecule has 0 radical (unpaired) electrons. The molecule has 4 N–H and O–H groups in total. The molecule has 0 spiro atoms. The highest BCUT2D eigenvalue weighted by molar-refractivity contribution is 6.02. The van der Waals surface area contributed by atoms with Crippen LogP contribution in [-0.4, -0.2) is 28.2 Å². The molecule has 29 heavy (non-hydrogen) atoms. The van der Waals surface area contributed by atoms with Gasteiger partial charge in [-0.2, -0.15) is 0 Å². The lowest BCUT2D eigenvalue weighted by molar-refractivity contribution is -0.124. The van der Waals surface area contributed by atoms with E-state index < -0.39 is 29.4 Å². The van der Waals surface area contributed by atoms with Crippen LogP contribution >= 0.6 is 0 Å². The molecule has 8 nitrogen and oxygen atoms in total. The zero-order chi connectivity index (χ0) is 21.4. The Kier molecular flexibility index (Phi) is 7.10. The summed E-state index contributed by atoms with van der Waals surface area (Å²) in [5.74, 6) is -1.33. The lowest BCUT2D eigenvalue weighted by Crippen LogP contribution is -2.35. The molecule has 0 aliphatic carbocycles. The molecule has 1 atom stereocenters. The first-order valence-electron chi connectivity index (χ1n) is 8.72. The second-order valence-corrected chi connectivity index (χ2v) is 6.83. The van der Waals surface area contributed by atoms with Crippen LogP contribution in [0.25, 0.3) is 0 Å². The first-order valence-corrected chi connectivity index (χ1v) is 8.72. The van der Waals surface area contributed by atoms with Gasteiger partial charge in [-0.1, -0.05) is 50.3 Å². The van der Waals surface area contributed by atoms with E-state index in [0.717, 1.165) is 6.08 Å². The quantitative estimate of drug-likeness (QED) is 0.337. The highest BCUT2D eigenvalue weighted by atomic mass is 16.6. The van der Waals surface area contributed by atoms with Crippen molar-refractivity contribution in [2.75, 3.05) is 0 Å². The summed E-state index contributed by atoms with van der Waals surface area (Å²) in [5, 5.41) is 20.3. The number of hydroxylamine groups is 1. The number of aromatic hydroxyl groups is 1. The van der Waals surface area contributed by atoms with Gasteiger partial charge in [-0.15, -0.1) is 0 Å². The SMILES string of the molecule is CC(C)(/C=C/C(=O)NO)[C@H](OC(=O)NC(=O)c1ccccc1)c1ccc(O)cc1. The van der Waals surface area contributed by atoms with E-state index in [-0.39, 0.29) is 5.75 Å². The largest absolute Gasteiger partial charge is 0.508 e. The van der Waals surface area contributed by atoms with E-state index >= 15 is 0 Å². The standard InChI is InChI=1S/C21H22N2O6/c1-21(2,13-12-17(25)23-28)18(14-8-10-16(24)11-9-14)29-20(27)22-19(26)15-6-4-3-5-7-15/h3-13,18,24,28H,1-2H3,(H,23,25)(H,22,26,27)/b13-12+/t18-/m1/s1. The van der Waals surface area contributed by atoms with Crippen molar-refractivity contribution < 1.29 is 29.4 Å². The van der Waals surface area contributed by atoms with Crippen molar-refractivity contribution in [1.82, 2.24) is 10.8 Å². The molecule has 0 fully saturated rings. The van der Waals surface area contributed by atoms with Gasteiger partial charge >= 0.3 is 6.09 Å². The van der Waals surface area contributed by atoms with Crippen molar-refractivity contribution in [2.24, 2.45) is 5.41 Å². The average Bonchev–Trinajstić information content (AvgIpc) is 2.71. The van der Waals surface area contributed by atoms with Gasteiger partial charge in [-0.25, -0.2) is 10.3 Å². The van der Waals surface area contributed by atoms with E-state index in [1.807, 2.05) is 0 Å². The number of alkyl carbamates (subject to hydrolysis) is 1. The fraction of sp³-hybridized carbons (Fsp3) is 0.190. The number of carbonyl (C=O) groups is 3. The van der Waals surface area contributed by atoms with Crippen molar-refractivity contribution >= 4 is 17.9 Å². The Hall–Kier alpha value is -3.65. The highest BCUT2D eigenvalue weighted by Crippen LogP contribution is 2.38. The Balaban J connectivity index is 2.24. The first kappa shape index (κ1) is 21.6. The molecule has 152 valence electrons. The molecule has 0 aliphatic rings. The summed E-state index contributed by atoms with van der Waals surface area (Å²) in [4.78, 5) is 35.9. The molecule has 2 rings (SSSR count). The summed E-state index contributed by atoms with van der Waals surface area (Å²) in [6.45, 7) is 3.41. The Labute approximate surface area is 167 Å². The van der Waals surface area contributed by atoms with Crippen molar-refractivity contribution in [3.05, 3.63) is 77.9 Å². The van der Waals surface area contributed by atoms with E-state index in [2.05, 4.69) is 5.32 Å². The predicted molar refractivity (Wildman–Crippen MR) is 104 cm³/mol. The summed E-state index contributed by atoms with van der Waals surface area (Å²) in [6.07, 6.45) is 0.686. The minimum absolute atomic E-state index is 0.0317. The summed E-state index contributed by atoms with van der Waals surface area (Å²) in [5.41, 5.74) is 1.41. The smallest absolute Gasteiger partial charge is 0.414 e. The molecule has 0 aliphatic heterocycles. The zero-order valence-electron chi connectivity index (χ0n) is 16.0. The monoisotopic (exact) mass is 398 g/mol. The molecule has 3 amide bonds. The summed E-state index contributed by atoms with van der Waals surface area (Å²) < 4.78 is 5.50. The van der Waals surface area contributed by atoms with Crippen molar-refractivity contribution in [3.8, 4) is 5.75 Å². The van der Waals surface area contributed by atoms with Gasteiger partial charge in [0.2, 0.25) is 0 Å². The Bertz CT molecular complexity index is 891. The minimum atomic E-state index is -0.968. The number of hydrogen-bond donors (Lipinski definition) is 4. The van der Waals surface area contributed by atoms with E-state index in [0.29, 0.717) is 11.1 Å². The van der Waals surface area contributed by atoms with Crippen LogP contribution in [0, 0.1) is 5.41 Å². The number of imide groups is 1. The lowest BCUT2D eigenvalue weighted by atomic mass is 9.82. The van der Waals surface area contributed by atoms with Crippen LogP contribution in [0.15, 0.2) is 66.7 Å². The highest BCUT2D eigenvalue weighted by Gasteiger charge is 2.33. The Morgan fingerprint density at radius 1 is 1.03 bits per heavy atom. The minimum Gasteiger partial charge on any atom is -0.508 e. The number of phenolic OH excluding ortho intramolecular Hbond substituents is 1. The first-order chi connectivity index (χ1) is 13.7. The fourth-order valence-electron chi connectivity index (χ4n) is 2.60. The third-order valence-electron chi connectivity index (χ3n) is 4.12. The number of carbonyl (C=O) groups excluding carboxylic acids is 3. The summed E-state index contributed by atoms with van der Waals surface area (Å²) >= 11 is 0. The molecule has 0 heterocycles. The predicted octanol–water partition coefficient (Wildman–Crippen LogP) is 3.09. The fourth-order valence-corrected chi connectivity index (χ4v) is 2.60. The van der Waals surface area contributed by atoms with Crippen LogP contribution in [0.5, 0.6) is 5.75 Å². The van der Waals surface area contributed by atoms with Crippen LogP contribution in [0.2, 0.25) is 0 Å². The maximum absolute atomic E-state index is 12.4. The topological polar surface area (TPSA) is 125 Å². The second-order valence-electron chi connectivity index (χ2n) is 6.83. The van der Waals surface area contributed by atoms with Gasteiger partial charge in [0.15, 0.2) is 0 Å². The van der Waals surface area contributed by atoms with Crippen LogP contribution in [0.3, 0.4) is 0 Å². The molecule has 2 aromatic rings. The number of phenols is 1. The third-order valence-corrected chi connectivity index (χ3v) is 4.12. The van der Waals surface area contributed by atoms with Gasteiger partial charge in [-0.3, -0.25) is 20.1 Å². The van der Waals surface area contributed by atoms with Crippen LogP contribution in [-0.2, 0) is 9.53 Å².